The Balaban J connectivity index is 2.32. The molecule has 76 valence electrons. The van der Waals surface area contributed by atoms with Gasteiger partial charge in [0.1, 0.15) is 11.7 Å². The van der Waals surface area contributed by atoms with Crippen LogP contribution in [0, 0.1) is 6.92 Å². The monoisotopic (exact) mass is 206 g/mol. The molecule has 0 aliphatic heterocycles. The van der Waals surface area contributed by atoms with Crippen LogP contribution in [0.1, 0.15) is 17.3 Å². The smallest absolute Gasteiger partial charge is 0.241 e. The summed E-state index contributed by atoms with van der Waals surface area (Å²) in [5, 5.41) is 0. The lowest BCUT2D eigenvalue weighted by atomic mass is 10.2. The van der Waals surface area contributed by atoms with Crippen molar-refractivity contribution in [2.45, 2.75) is 24.7 Å². The fourth-order valence-electron chi connectivity index (χ4n) is 1.31. The zero-order chi connectivity index (χ0) is 10.6. The molecule has 0 saturated heterocycles. The Bertz CT molecular complexity index is 346. The summed E-state index contributed by atoms with van der Waals surface area (Å²) in [5.41, 5.74) is -0.217. The Labute approximate surface area is 77.0 Å². The van der Waals surface area contributed by atoms with Crippen LogP contribution in [0.2, 0.25) is 0 Å². The van der Waals surface area contributed by atoms with E-state index in [2.05, 4.69) is 9.97 Å². The van der Waals surface area contributed by atoms with Crippen LogP contribution in [-0.4, -0.2) is 21.8 Å². The quantitative estimate of drug-likeness (QED) is 0.658. The van der Waals surface area contributed by atoms with Crippen molar-refractivity contribution in [2.24, 2.45) is 0 Å². The number of alkyl halides is 4. The Hall–Kier alpha value is -1.20. The molecule has 2 rings (SSSR count). The number of hydrogen-bond donors (Lipinski definition) is 0. The van der Waals surface area contributed by atoms with Gasteiger partial charge in [0.05, 0.1) is 0 Å². The second-order valence-electron chi connectivity index (χ2n) is 3.24. The van der Waals surface area contributed by atoms with Crippen LogP contribution in [-0.2, 0) is 0 Å². The fourth-order valence-corrected chi connectivity index (χ4v) is 1.31. The van der Waals surface area contributed by atoms with Gasteiger partial charge in [-0.05, 0) is 6.92 Å². The standard InChI is InChI=1S/C8H6F4N2/c1-4-13-2-5(3-14-4)6-7(9,10)8(6,11)12/h2-3,6H,1H3. The lowest BCUT2D eigenvalue weighted by Gasteiger charge is -1.96. The largest absolute Gasteiger partial charge is 0.323 e. The third kappa shape index (κ3) is 1.03. The summed E-state index contributed by atoms with van der Waals surface area (Å²) in [6, 6.07) is 0. The Morgan fingerprint density at radius 1 is 1.07 bits per heavy atom. The molecule has 14 heavy (non-hydrogen) atoms. The Morgan fingerprint density at radius 2 is 1.50 bits per heavy atom. The SMILES string of the molecule is Cc1ncc(C2C(F)(F)C2(F)F)cn1. The molecule has 0 spiro atoms. The highest BCUT2D eigenvalue weighted by Gasteiger charge is 2.85. The maximum atomic E-state index is 12.6. The maximum absolute atomic E-state index is 12.6. The van der Waals surface area contributed by atoms with Crippen LogP contribution < -0.4 is 0 Å². The topological polar surface area (TPSA) is 25.8 Å². The average molecular weight is 206 g/mol. The van der Waals surface area contributed by atoms with Crippen molar-refractivity contribution in [3.63, 3.8) is 0 Å². The van der Waals surface area contributed by atoms with Crippen LogP contribution in [0.25, 0.3) is 0 Å². The second kappa shape index (κ2) is 2.43. The van der Waals surface area contributed by atoms with Gasteiger partial charge in [-0.2, -0.15) is 17.6 Å². The summed E-state index contributed by atoms with van der Waals surface area (Å²) in [6.07, 6.45) is 2.03. The average Bonchev–Trinajstić information content (AvgIpc) is 2.46. The highest BCUT2D eigenvalue weighted by atomic mass is 19.3. The van der Waals surface area contributed by atoms with Crippen LogP contribution in [0.4, 0.5) is 17.6 Å². The van der Waals surface area contributed by atoms with Gasteiger partial charge in [-0.1, -0.05) is 0 Å². The first-order valence-electron chi connectivity index (χ1n) is 3.91. The third-order valence-corrected chi connectivity index (χ3v) is 2.22. The van der Waals surface area contributed by atoms with Gasteiger partial charge < -0.3 is 0 Å². The van der Waals surface area contributed by atoms with Crippen molar-refractivity contribution in [1.82, 2.24) is 9.97 Å². The molecule has 1 fully saturated rings. The second-order valence-corrected chi connectivity index (χ2v) is 3.24. The van der Waals surface area contributed by atoms with E-state index in [1.165, 1.54) is 0 Å². The molecule has 6 heteroatoms. The number of nitrogens with zero attached hydrogens (tertiary/aromatic N) is 2. The van der Waals surface area contributed by atoms with Gasteiger partial charge in [0, 0.05) is 18.0 Å². The highest BCUT2D eigenvalue weighted by Crippen LogP contribution is 2.67. The highest BCUT2D eigenvalue weighted by molar-refractivity contribution is 5.34. The van der Waals surface area contributed by atoms with Gasteiger partial charge in [-0.25, -0.2) is 9.97 Å². The van der Waals surface area contributed by atoms with E-state index in [-0.39, 0.29) is 5.56 Å². The first kappa shape index (κ1) is 9.36. The Morgan fingerprint density at radius 3 is 1.86 bits per heavy atom. The summed E-state index contributed by atoms with van der Waals surface area (Å²) < 4.78 is 50.2. The van der Waals surface area contributed by atoms with Crippen LogP contribution in [0.5, 0.6) is 0 Å². The van der Waals surface area contributed by atoms with Crippen molar-refractivity contribution in [3.8, 4) is 0 Å². The van der Waals surface area contributed by atoms with Crippen LogP contribution in [0.15, 0.2) is 12.4 Å². The van der Waals surface area contributed by atoms with Crippen molar-refractivity contribution in [3.05, 3.63) is 23.8 Å². The van der Waals surface area contributed by atoms with Crippen molar-refractivity contribution in [2.75, 3.05) is 0 Å². The van der Waals surface area contributed by atoms with Gasteiger partial charge in [-0.3, -0.25) is 0 Å². The molecule has 0 bridgehead atoms. The van der Waals surface area contributed by atoms with E-state index in [9.17, 15) is 17.6 Å². The molecule has 0 N–H and O–H groups in total. The first-order valence-corrected chi connectivity index (χ1v) is 3.91. The number of hydrogen-bond acceptors (Lipinski definition) is 2. The molecule has 1 aliphatic rings. The molecule has 1 aliphatic carbocycles. The summed E-state index contributed by atoms with van der Waals surface area (Å²) in [6.45, 7) is 1.55. The number of aryl methyl sites for hydroxylation is 1. The molecule has 1 aromatic heterocycles. The Kier molecular flexibility index (Phi) is 1.62. The van der Waals surface area contributed by atoms with Gasteiger partial charge in [0.15, 0.2) is 0 Å². The van der Waals surface area contributed by atoms with Gasteiger partial charge in [0.25, 0.3) is 0 Å². The molecule has 0 radical (unpaired) electrons. The summed E-state index contributed by atoms with van der Waals surface area (Å²) in [7, 11) is 0. The molecule has 1 aromatic rings. The number of rotatable bonds is 1. The molecule has 0 atom stereocenters. The predicted octanol–water partition coefficient (Wildman–Crippen LogP) is 2.15. The van der Waals surface area contributed by atoms with Gasteiger partial charge in [0.2, 0.25) is 0 Å². The van der Waals surface area contributed by atoms with E-state index in [1.807, 2.05) is 0 Å². The third-order valence-electron chi connectivity index (χ3n) is 2.22. The van der Waals surface area contributed by atoms with Crippen LogP contribution >= 0.6 is 0 Å². The van der Waals surface area contributed by atoms with Crippen molar-refractivity contribution in [1.29, 1.82) is 0 Å². The minimum Gasteiger partial charge on any atom is -0.241 e. The van der Waals surface area contributed by atoms with Crippen molar-refractivity contribution < 1.29 is 17.6 Å². The van der Waals surface area contributed by atoms with E-state index in [0.29, 0.717) is 5.82 Å². The fraction of sp³-hybridized carbons (Fsp3) is 0.500. The molecule has 2 nitrogen and oxygen atoms in total. The zero-order valence-corrected chi connectivity index (χ0v) is 7.14. The molecular formula is C8H6F4N2. The molecule has 0 aromatic carbocycles. The summed E-state index contributed by atoms with van der Waals surface area (Å²) >= 11 is 0. The number of aromatic nitrogens is 2. The van der Waals surface area contributed by atoms with E-state index >= 15 is 0 Å². The minimum atomic E-state index is -3.95. The zero-order valence-electron chi connectivity index (χ0n) is 7.14. The summed E-state index contributed by atoms with van der Waals surface area (Å²) in [4.78, 5) is 7.19. The van der Waals surface area contributed by atoms with Gasteiger partial charge in [-0.15, -0.1) is 0 Å². The molecule has 0 amide bonds. The number of halogens is 4. The first-order chi connectivity index (χ1) is 6.37. The molecular weight excluding hydrogens is 200 g/mol. The molecule has 1 heterocycles. The van der Waals surface area contributed by atoms with Crippen molar-refractivity contribution >= 4 is 0 Å². The van der Waals surface area contributed by atoms with Crippen LogP contribution in [0.3, 0.4) is 0 Å². The van der Waals surface area contributed by atoms with E-state index < -0.39 is 17.8 Å². The maximum Gasteiger partial charge on any atom is 0.323 e. The van der Waals surface area contributed by atoms with E-state index in [4.69, 9.17) is 0 Å². The van der Waals surface area contributed by atoms with E-state index in [0.717, 1.165) is 12.4 Å². The van der Waals surface area contributed by atoms with Gasteiger partial charge >= 0.3 is 11.8 Å². The summed E-state index contributed by atoms with van der Waals surface area (Å²) in [5.74, 6) is -9.60. The van der Waals surface area contributed by atoms with E-state index in [1.54, 1.807) is 6.92 Å². The lowest BCUT2D eigenvalue weighted by molar-refractivity contribution is -0.0278. The lowest BCUT2D eigenvalue weighted by Crippen LogP contribution is -2.02. The molecule has 1 saturated carbocycles. The minimum absolute atomic E-state index is 0.217. The normalized spacial score (nSPS) is 23.5. The predicted molar refractivity (Wildman–Crippen MR) is 39.4 cm³/mol. The molecule has 0 unspecified atom stereocenters.